The zero-order valence-corrected chi connectivity index (χ0v) is 11.6. The van der Waals surface area contributed by atoms with Crippen molar-refractivity contribution in [2.24, 2.45) is 0 Å². The molecule has 1 rings (SSSR count). The number of ether oxygens (including phenoxy) is 2. The molecular weight excluding hydrogens is 295 g/mol. The van der Waals surface area contributed by atoms with Crippen LogP contribution in [0.1, 0.15) is 21.8 Å². The van der Waals surface area contributed by atoms with Crippen LogP contribution in [0.3, 0.4) is 0 Å². The van der Waals surface area contributed by atoms with Crippen molar-refractivity contribution in [1.82, 2.24) is 0 Å². The van der Waals surface area contributed by atoms with E-state index in [4.69, 9.17) is 23.2 Å². The summed E-state index contributed by atoms with van der Waals surface area (Å²) < 4.78 is 9.05. The molecule has 0 spiro atoms. The Bertz CT molecular complexity index is 511. The second kappa shape index (κ2) is 6.54. The first-order chi connectivity index (χ1) is 8.92. The van der Waals surface area contributed by atoms with Crippen molar-refractivity contribution in [3.8, 4) is 0 Å². The average Bonchev–Trinajstić information content (AvgIpc) is 2.38. The molecule has 1 aromatic rings. The van der Waals surface area contributed by atoms with Crippen molar-refractivity contribution in [3.63, 3.8) is 0 Å². The molecule has 0 radical (unpaired) electrons. The van der Waals surface area contributed by atoms with Gasteiger partial charge in [0.2, 0.25) is 0 Å². The van der Waals surface area contributed by atoms with Crippen LogP contribution in [0, 0.1) is 0 Å². The van der Waals surface area contributed by atoms with Gasteiger partial charge in [0.25, 0.3) is 5.24 Å². The van der Waals surface area contributed by atoms with Crippen molar-refractivity contribution in [3.05, 3.63) is 34.3 Å². The Balaban J connectivity index is 3.44. The molecular formula is C12H10Cl2O5. The van der Waals surface area contributed by atoms with Crippen molar-refractivity contribution in [1.29, 1.82) is 0 Å². The molecule has 0 fully saturated rings. The van der Waals surface area contributed by atoms with E-state index in [1.165, 1.54) is 18.2 Å². The quantitative estimate of drug-likeness (QED) is 0.484. The van der Waals surface area contributed by atoms with Crippen LogP contribution >= 0.6 is 23.2 Å². The maximum Gasteiger partial charge on any atom is 0.324 e. The molecule has 0 aromatic heterocycles. The number of rotatable bonds is 4. The highest BCUT2D eigenvalue weighted by atomic mass is 35.5. The van der Waals surface area contributed by atoms with Gasteiger partial charge in [0, 0.05) is 10.6 Å². The summed E-state index contributed by atoms with van der Waals surface area (Å²) >= 11 is 11.2. The van der Waals surface area contributed by atoms with Gasteiger partial charge in [-0.05, 0) is 35.4 Å². The molecule has 0 amide bonds. The van der Waals surface area contributed by atoms with Crippen molar-refractivity contribution >= 4 is 40.4 Å². The van der Waals surface area contributed by atoms with Crippen molar-refractivity contribution < 1.29 is 23.9 Å². The average molecular weight is 305 g/mol. The highest BCUT2D eigenvalue weighted by molar-refractivity contribution is 6.68. The number of carbonyl (C=O) groups excluding carboxylic acids is 3. The zero-order valence-electron chi connectivity index (χ0n) is 10.1. The minimum absolute atomic E-state index is 0.00753. The molecule has 0 unspecified atom stereocenters. The normalized spacial score (nSPS) is 10.2. The van der Waals surface area contributed by atoms with Gasteiger partial charge in [0.1, 0.15) is 0 Å². The second-order valence-electron chi connectivity index (χ2n) is 3.48. The van der Waals surface area contributed by atoms with Crippen LogP contribution in [-0.4, -0.2) is 31.4 Å². The first-order valence-corrected chi connectivity index (χ1v) is 5.83. The maximum absolute atomic E-state index is 11.7. The van der Waals surface area contributed by atoms with Crippen LogP contribution in [0.25, 0.3) is 0 Å². The smallest absolute Gasteiger partial charge is 0.324 e. The van der Waals surface area contributed by atoms with E-state index in [0.29, 0.717) is 0 Å². The van der Waals surface area contributed by atoms with E-state index in [0.717, 1.165) is 14.2 Å². The molecule has 0 atom stereocenters. The number of methoxy groups -OCH3 is 2. The predicted octanol–water partition coefficient (Wildman–Crippen LogP) is 2.15. The van der Waals surface area contributed by atoms with Gasteiger partial charge in [0.15, 0.2) is 5.92 Å². The summed E-state index contributed by atoms with van der Waals surface area (Å²) in [5.74, 6) is -3.15. The Kier molecular flexibility index (Phi) is 5.32. The third-order valence-electron chi connectivity index (χ3n) is 2.41. The van der Waals surface area contributed by atoms with Crippen LogP contribution in [-0.2, 0) is 19.1 Å². The van der Waals surface area contributed by atoms with Gasteiger partial charge in [-0.2, -0.15) is 0 Å². The molecule has 0 N–H and O–H groups in total. The van der Waals surface area contributed by atoms with Gasteiger partial charge in [-0.15, -0.1) is 0 Å². The fourth-order valence-electron chi connectivity index (χ4n) is 1.54. The zero-order chi connectivity index (χ0) is 14.6. The fraction of sp³-hybridized carbons (Fsp3) is 0.250. The van der Waals surface area contributed by atoms with Crippen LogP contribution in [0.15, 0.2) is 18.2 Å². The van der Waals surface area contributed by atoms with E-state index in [2.05, 4.69) is 9.47 Å². The molecule has 1 aromatic carbocycles. The Hall–Kier alpha value is -1.59. The monoisotopic (exact) mass is 304 g/mol. The summed E-state index contributed by atoms with van der Waals surface area (Å²) in [5, 5.41) is -0.570. The van der Waals surface area contributed by atoms with Crippen molar-refractivity contribution in [2.45, 2.75) is 5.92 Å². The Labute approximate surface area is 119 Å². The number of halogens is 2. The second-order valence-corrected chi connectivity index (χ2v) is 4.26. The Morgan fingerprint density at radius 3 is 2.05 bits per heavy atom. The molecule has 0 aliphatic heterocycles. The van der Waals surface area contributed by atoms with E-state index in [1.54, 1.807) is 0 Å². The molecule has 0 aliphatic rings. The van der Waals surface area contributed by atoms with Crippen LogP contribution in [0.5, 0.6) is 0 Å². The molecule has 7 heteroatoms. The fourth-order valence-corrected chi connectivity index (χ4v) is 1.89. The molecule has 19 heavy (non-hydrogen) atoms. The third kappa shape index (κ3) is 3.45. The van der Waals surface area contributed by atoms with Crippen LogP contribution < -0.4 is 0 Å². The van der Waals surface area contributed by atoms with E-state index in [9.17, 15) is 14.4 Å². The highest BCUT2D eigenvalue weighted by Gasteiger charge is 2.33. The number of benzene rings is 1. The minimum Gasteiger partial charge on any atom is -0.468 e. The van der Waals surface area contributed by atoms with E-state index >= 15 is 0 Å². The molecule has 0 saturated heterocycles. The summed E-state index contributed by atoms with van der Waals surface area (Å²) in [7, 11) is 2.23. The van der Waals surface area contributed by atoms with E-state index in [-0.39, 0.29) is 16.1 Å². The standard InChI is InChI=1S/C12H10Cl2O5/c1-18-11(16)9(12(17)19-2)8-5-6(13)3-4-7(8)10(14)15/h3-5,9H,1-2H3. The molecule has 0 saturated carbocycles. The number of hydrogen-bond acceptors (Lipinski definition) is 5. The van der Waals surface area contributed by atoms with Crippen LogP contribution in [0.4, 0.5) is 0 Å². The van der Waals surface area contributed by atoms with Gasteiger partial charge in [-0.25, -0.2) is 0 Å². The first-order valence-electron chi connectivity index (χ1n) is 5.07. The van der Waals surface area contributed by atoms with Gasteiger partial charge < -0.3 is 9.47 Å². The van der Waals surface area contributed by atoms with Gasteiger partial charge in [-0.1, -0.05) is 11.6 Å². The summed E-state index contributed by atoms with van der Waals surface area (Å²) in [6.45, 7) is 0. The summed E-state index contributed by atoms with van der Waals surface area (Å²) in [6, 6.07) is 4.05. The predicted molar refractivity (Wildman–Crippen MR) is 68.4 cm³/mol. The maximum atomic E-state index is 11.7. The summed E-state index contributed by atoms with van der Waals surface area (Å²) in [6.07, 6.45) is 0. The van der Waals surface area contributed by atoms with E-state index in [1.807, 2.05) is 0 Å². The lowest BCUT2D eigenvalue weighted by Gasteiger charge is -2.15. The third-order valence-corrected chi connectivity index (χ3v) is 2.85. The SMILES string of the molecule is COC(=O)C(C(=O)OC)c1cc(Cl)ccc1C(=O)Cl. The lowest BCUT2D eigenvalue weighted by atomic mass is 9.94. The Morgan fingerprint density at radius 1 is 1.11 bits per heavy atom. The van der Waals surface area contributed by atoms with E-state index < -0.39 is 23.1 Å². The molecule has 0 bridgehead atoms. The Morgan fingerprint density at radius 2 is 1.63 bits per heavy atom. The van der Waals surface area contributed by atoms with Gasteiger partial charge >= 0.3 is 11.9 Å². The van der Waals surface area contributed by atoms with Crippen molar-refractivity contribution in [2.75, 3.05) is 14.2 Å². The van der Waals surface area contributed by atoms with Crippen LogP contribution in [0.2, 0.25) is 5.02 Å². The highest BCUT2D eigenvalue weighted by Crippen LogP contribution is 2.27. The minimum atomic E-state index is -1.41. The molecule has 102 valence electrons. The topological polar surface area (TPSA) is 69.7 Å². The summed E-state index contributed by atoms with van der Waals surface area (Å²) in [5.41, 5.74) is 0.0399. The molecule has 0 aliphatic carbocycles. The number of carbonyl (C=O) groups is 3. The van der Waals surface area contributed by atoms with Gasteiger partial charge in [0.05, 0.1) is 14.2 Å². The lowest BCUT2D eigenvalue weighted by molar-refractivity contribution is -0.154. The lowest BCUT2D eigenvalue weighted by Crippen LogP contribution is -2.26. The number of hydrogen-bond donors (Lipinski definition) is 0. The summed E-state index contributed by atoms with van der Waals surface area (Å²) in [4.78, 5) is 34.7. The number of esters is 2. The van der Waals surface area contributed by atoms with Gasteiger partial charge in [-0.3, -0.25) is 14.4 Å². The molecule has 0 heterocycles. The largest absolute Gasteiger partial charge is 0.468 e. The first kappa shape index (κ1) is 15.5. The molecule has 5 nitrogen and oxygen atoms in total.